The zero-order valence-corrected chi connectivity index (χ0v) is 20.0. The van der Waals surface area contributed by atoms with Gasteiger partial charge in [-0.2, -0.15) is 4.31 Å². The molecule has 1 fully saturated rings. The van der Waals surface area contributed by atoms with E-state index in [1.165, 1.54) is 12.1 Å². The van der Waals surface area contributed by atoms with Crippen LogP contribution in [0.1, 0.15) is 41.8 Å². The quantitative estimate of drug-likeness (QED) is 0.599. The highest BCUT2D eigenvalue weighted by atomic mass is 32.2. The Bertz CT molecular complexity index is 1260. The average molecular weight is 469 g/mol. The maximum atomic E-state index is 13.2. The smallest absolute Gasteiger partial charge is 0.322 e. The zero-order valence-electron chi connectivity index (χ0n) is 19.2. The van der Waals surface area contributed by atoms with E-state index in [2.05, 4.69) is 29.4 Å². The Balaban J connectivity index is 1.50. The zero-order chi connectivity index (χ0) is 23.8. The number of hydrogen-bond donors (Lipinski definition) is 1. The minimum atomic E-state index is -3.63. The standard InChI is InChI=1S/C24H28N4O4S/c1-15-5-7-19(8-6-15)23-26-27-24(32-23)25-22(29)20-9-10-21(18(4)12-20)33(30,31)28-13-16(2)11-17(3)14-28/h5-10,12,16-17H,11,13-14H2,1-4H3,(H,25,27,29)/t16-,17+. The van der Waals surface area contributed by atoms with Crippen molar-refractivity contribution in [2.45, 2.75) is 39.0 Å². The topological polar surface area (TPSA) is 105 Å². The van der Waals surface area contributed by atoms with E-state index in [1.54, 1.807) is 17.3 Å². The molecule has 3 aromatic rings. The molecule has 33 heavy (non-hydrogen) atoms. The van der Waals surface area contributed by atoms with E-state index in [0.29, 0.717) is 41.9 Å². The molecule has 0 saturated carbocycles. The summed E-state index contributed by atoms with van der Waals surface area (Å²) in [6.45, 7) is 8.84. The number of benzene rings is 2. The number of nitrogens with one attached hydrogen (secondary N) is 1. The number of sulfonamides is 1. The Labute approximate surface area is 194 Å². The van der Waals surface area contributed by atoms with Crippen LogP contribution >= 0.6 is 0 Å². The third kappa shape index (κ3) is 4.99. The highest BCUT2D eigenvalue weighted by Crippen LogP contribution is 2.28. The highest BCUT2D eigenvalue weighted by molar-refractivity contribution is 7.89. The molecule has 2 heterocycles. The Kier molecular flexibility index (Phi) is 6.36. The predicted molar refractivity (Wildman–Crippen MR) is 125 cm³/mol. The van der Waals surface area contributed by atoms with Crippen molar-refractivity contribution in [3.63, 3.8) is 0 Å². The first kappa shape index (κ1) is 23.1. The lowest BCUT2D eigenvalue weighted by Crippen LogP contribution is -2.42. The minimum absolute atomic E-state index is 0.0266. The first-order valence-corrected chi connectivity index (χ1v) is 12.4. The van der Waals surface area contributed by atoms with E-state index in [-0.39, 0.29) is 10.9 Å². The van der Waals surface area contributed by atoms with Gasteiger partial charge in [0.1, 0.15) is 0 Å². The molecular weight excluding hydrogens is 440 g/mol. The predicted octanol–water partition coefficient (Wildman–Crippen LogP) is 4.27. The normalized spacial score (nSPS) is 19.4. The molecule has 1 aliphatic rings. The summed E-state index contributed by atoms with van der Waals surface area (Å²) in [4.78, 5) is 12.9. The summed E-state index contributed by atoms with van der Waals surface area (Å²) >= 11 is 0. The van der Waals surface area contributed by atoms with Crippen molar-refractivity contribution in [1.82, 2.24) is 14.5 Å². The third-order valence-corrected chi connectivity index (χ3v) is 7.83. The van der Waals surface area contributed by atoms with Gasteiger partial charge in [0.2, 0.25) is 15.9 Å². The van der Waals surface area contributed by atoms with E-state index in [1.807, 2.05) is 31.2 Å². The first-order chi connectivity index (χ1) is 15.6. The van der Waals surface area contributed by atoms with E-state index in [4.69, 9.17) is 4.42 Å². The van der Waals surface area contributed by atoms with Crippen molar-refractivity contribution in [1.29, 1.82) is 0 Å². The maximum Gasteiger partial charge on any atom is 0.322 e. The van der Waals surface area contributed by atoms with Gasteiger partial charge < -0.3 is 4.42 Å². The van der Waals surface area contributed by atoms with Crippen molar-refractivity contribution in [3.8, 4) is 11.5 Å². The number of carbonyl (C=O) groups excluding carboxylic acids is 1. The van der Waals surface area contributed by atoms with E-state index in [0.717, 1.165) is 17.5 Å². The van der Waals surface area contributed by atoms with Gasteiger partial charge in [0.05, 0.1) is 4.90 Å². The molecule has 2 atom stereocenters. The molecule has 1 aliphatic heterocycles. The van der Waals surface area contributed by atoms with Crippen LogP contribution in [-0.4, -0.2) is 41.9 Å². The van der Waals surface area contributed by atoms with Gasteiger partial charge in [-0.05, 0) is 68.0 Å². The highest BCUT2D eigenvalue weighted by Gasteiger charge is 2.32. The number of anilines is 1. The van der Waals surface area contributed by atoms with Crippen molar-refractivity contribution >= 4 is 21.9 Å². The number of nitrogens with zero attached hydrogens (tertiary/aromatic N) is 3. The lowest BCUT2D eigenvalue weighted by Gasteiger charge is -2.34. The number of piperidine rings is 1. The summed E-state index contributed by atoms with van der Waals surface area (Å²) in [5, 5.41) is 10.4. The third-order valence-electron chi connectivity index (χ3n) is 5.83. The fourth-order valence-electron chi connectivity index (χ4n) is 4.28. The molecule has 0 bridgehead atoms. The molecule has 0 unspecified atom stereocenters. The first-order valence-electron chi connectivity index (χ1n) is 11.0. The summed E-state index contributed by atoms with van der Waals surface area (Å²) in [6.07, 6.45) is 1.02. The van der Waals surface area contributed by atoms with Gasteiger partial charge >= 0.3 is 6.01 Å². The molecule has 1 saturated heterocycles. The maximum absolute atomic E-state index is 13.2. The molecule has 9 heteroatoms. The van der Waals surface area contributed by atoms with Crippen LogP contribution < -0.4 is 5.32 Å². The van der Waals surface area contributed by atoms with Crippen LogP contribution in [0.5, 0.6) is 0 Å². The summed E-state index contributed by atoms with van der Waals surface area (Å²) in [5.41, 5.74) is 2.68. The van der Waals surface area contributed by atoms with Crippen LogP contribution in [0.15, 0.2) is 51.8 Å². The van der Waals surface area contributed by atoms with Crippen LogP contribution in [0, 0.1) is 25.7 Å². The van der Waals surface area contributed by atoms with Crippen molar-refractivity contribution in [3.05, 3.63) is 59.2 Å². The summed E-state index contributed by atoms with van der Waals surface area (Å²) in [6, 6.07) is 12.1. The molecule has 2 aromatic carbocycles. The fourth-order valence-corrected chi connectivity index (χ4v) is 6.16. The number of carbonyl (C=O) groups is 1. The molecule has 1 aromatic heterocycles. The molecule has 4 rings (SSSR count). The van der Waals surface area contributed by atoms with Crippen LogP contribution in [-0.2, 0) is 10.0 Å². The molecule has 1 amide bonds. The molecule has 0 aliphatic carbocycles. The SMILES string of the molecule is Cc1ccc(-c2nnc(NC(=O)c3ccc(S(=O)(=O)N4C[C@H](C)C[C@H](C)C4)c(C)c3)o2)cc1. The van der Waals surface area contributed by atoms with E-state index in [9.17, 15) is 13.2 Å². The van der Waals surface area contributed by atoms with Crippen LogP contribution in [0.3, 0.4) is 0 Å². The molecule has 1 N–H and O–H groups in total. The minimum Gasteiger partial charge on any atom is -0.403 e. The fraction of sp³-hybridized carbons (Fsp3) is 0.375. The molecule has 0 spiro atoms. The monoisotopic (exact) mass is 468 g/mol. The van der Waals surface area contributed by atoms with Gasteiger partial charge in [-0.15, -0.1) is 5.10 Å². The van der Waals surface area contributed by atoms with Crippen LogP contribution in [0.4, 0.5) is 6.01 Å². The summed E-state index contributed by atoms with van der Waals surface area (Å²) in [5.74, 6) is 0.468. The van der Waals surface area contributed by atoms with E-state index < -0.39 is 15.9 Å². The average Bonchev–Trinajstić information content (AvgIpc) is 3.21. The second kappa shape index (κ2) is 9.07. The Morgan fingerprint density at radius 2 is 1.70 bits per heavy atom. The van der Waals surface area contributed by atoms with Gasteiger partial charge in [-0.3, -0.25) is 10.1 Å². The Morgan fingerprint density at radius 3 is 2.33 bits per heavy atom. The van der Waals surface area contributed by atoms with Gasteiger partial charge in [0.25, 0.3) is 5.91 Å². The Hall–Kier alpha value is -3.04. The van der Waals surface area contributed by atoms with Crippen molar-refractivity contribution < 1.29 is 17.6 Å². The Morgan fingerprint density at radius 1 is 1.03 bits per heavy atom. The second-order valence-electron chi connectivity index (χ2n) is 8.98. The number of hydrogen-bond acceptors (Lipinski definition) is 6. The lowest BCUT2D eigenvalue weighted by molar-refractivity contribution is 0.102. The van der Waals surface area contributed by atoms with Crippen LogP contribution in [0.2, 0.25) is 0 Å². The lowest BCUT2D eigenvalue weighted by atomic mass is 9.94. The van der Waals surface area contributed by atoms with Gasteiger partial charge in [0, 0.05) is 24.2 Å². The van der Waals surface area contributed by atoms with Crippen LogP contribution in [0.25, 0.3) is 11.5 Å². The van der Waals surface area contributed by atoms with Gasteiger partial charge in [0.15, 0.2) is 0 Å². The molecule has 174 valence electrons. The summed E-state index contributed by atoms with van der Waals surface area (Å²) < 4.78 is 33.6. The number of aromatic nitrogens is 2. The van der Waals surface area contributed by atoms with Gasteiger partial charge in [-0.1, -0.05) is 36.6 Å². The van der Waals surface area contributed by atoms with Crippen molar-refractivity contribution in [2.75, 3.05) is 18.4 Å². The largest absolute Gasteiger partial charge is 0.403 e. The molecule has 0 radical (unpaired) electrons. The second-order valence-corrected chi connectivity index (χ2v) is 10.9. The van der Waals surface area contributed by atoms with Gasteiger partial charge in [-0.25, -0.2) is 8.42 Å². The number of aryl methyl sites for hydroxylation is 2. The van der Waals surface area contributed by atoms with Crippen molar-refractivity contribution in [2.24, 2.45) is 11.8 Å². The van der Waals surface area contributed by atoms with E-state index >= 15 is 0 Å². The summed E-state index contributed by atoms with van der Waals surface area (Å²) in [7, 11) is -3.63. The molecular formula is C24H28N4O4S. The number of rotatable bonds is 5. The number of amides is 1. The molecule has 8 nitrogen and oxygen atoms in total.